The van der Waals surface area contributed by atoms with Gasteiger partial charge in [0.15, 0.2) is 6.29 Å². The van der Waals surface area contributed by atoms with Gasteiger partial charge in [-0.1, -0.05) is 29.3 Å². The van der Waals surface area contributed by atoms with Crippen LogP contribution in [0.4, 0.5) is 0 Å². The van der Waals surface area contributed by atoms with Crippen LogP contribution in [0.1, 0.15) is 34.4 Å². The summed E-state index contributed by atoms with van der Waals surface area (Å²) in [4.78, 5) is 4.70. The van der Waals surface area contributed by atoms with E-state index in [2.05, 4.69) is 6.07 Å². The number of fused-ring (bicyclic) bond motifs is 1. The van der Waals surface area contributed by atoms with Crippen LogP contribution < -0.4 is 0 Å². The molecule has 0 bridgehead atoms. The van der Waals surface area contributed by atoms with Crippen LogP contribution in [-0.4, -0.2) is 21.8 Å². The Labute approximate surface area is 161 Å². The van der Waals surface area contributed by atoms with E-state index in [0.717, 1.165) is 22.4 Å². The van der Waals surface area contributed by atoms with Gasteiger partial charge in [-0.3, -0.25) is 0 Å². The van der Waals surface area contributed by atoms with Gasteiger partial charge in [-0.05, 0) is 36.2 Å². The number of imidazole rings is 1. The molecule has 0 aliphatic heterocycles. The van der Waals surface area contributed by atoms with E-state index in [9.17, 15) is 10.4 Å². The number of hydrogen-bond donors (Lipinski definition) is 1. The molecule has 3 aromatic rings. The summed E-state index contributed by atoms with van der Waals surface area (Å²) >= 11 is 12.8. The Kier molecular flexibility index (Phi) is 5.22. The molecule has 0 amide bonds. The van der Waals surface area contributed by atoms with Gasteiger partial charge in [-0.15, -0.1) is 0 Å². The minimum atomic E-state index is -1.13. The van der Waals surface area contributed by atoms with Gasteiger partial charge >= 0.3 is 0 Å². The highest BCUT2D eigenvalue weighted by Gasteiger charge is 2.19. The average molecular weight is 390 g/mol. The second-order valence-corrected chi connectivity index (χ2v) is 6.84. The van der Waals surface area contributed by atoms with E-state index in [0.29, 0.717) is 33.2 Å². The number of aliphatic hydroxyl groups is 1. The Morgan fingerprint density at radius 3 is 2.73 bits per heavy atom. The zero-order chi connectivity index (χ0) is 19.0. The lowest BCUT2D eigenvalue weighted by atomic mass is 10.1. The van der Waals surface area contributed by atoms with E-state index in [1.54, 1.807) is 12.1 Å². The molecule has 0 aliphatic carbocycles. The molecule has 2 aromatic carbocycles. The number of ether oxygens (including phenoxy) is 1. The molecule has 1 aromatic heterocycles. The van der Waals surface area contributed by atoms with Crippen molar-refractivity contribution in [2.45, 2.75) is 19.6 Å². The quantitative estimate of drug-likeness (QED) is 0.675. The summed E-state index contributed by atoms with van der Waals surface area (Å²) in [6.07, 6.45) is -0.742. The van der Waals surface area contributed by atoms with Gasteiger partial charge in [0.1, 0.15) is 5.82 Å². The lowest BCUT2D eigenvalue weighted by Crippen LogP contribution is -2.05. The van der Waals surface area contributed by atoms with Crippen molar-refractivity contribution in [3.63, 3.8) is 0 Å². The normalized spacial score (nSPS) is 12.3. The third-order valence-corrected chi connectivity index (χ3v) is 5.24. The number of nitriles is 1. The van der Waals surface area contributed by atoms with Crippen molar-refractivity contribution in [3.05, 3.63) is 62.4 Å². The molecule has 0 saturated heterocycles. The van der Waals surface area contributed by atoms with Crippen LogP contribution in [-0.2, 0) is 18.2 Å². The Bertz CT molecular complexity index is 1040. The fourth-order valence-electron chi connectivity index (χ4n) is 2.98. The van der Waals surface area contributed by atoms with Crippen LogP contribution in [0.5, 0.6) is 0 Å². The van der Waals surface area contributed by atoms with Gasteiger partial charge in [0.05, 0.1) is 27.7 Å². The first kappa shape index (κ1) is 18.7. The molecule has 0 saturated carbocycles. The average Bonchev–Trinajstić information content (AvgIpc) is 2.94. The molecule has 7 heteroatoms. The summed E-state index contributed by atoms with van der Waals surface area (Å²) in [5, 5.41) is 20.0. The number of aromatic nitrogens is 2. The van der Waals surface area contributed by atoms with Crippen molar-refractivity contribution in [1.29, 1.82) is 5.26 Å². The monoisotopic (exact) mass is 389 g/mol. The zero-order valence-corrected chi connectivity index (χ0v) is 16.1. The minimum absolute atomic E-state index is 0.355. The Morgan fingerprint density at radius 2 is 2.08 bits per heavy atom. The van der Waals surface area contributed by atoms with Crippen LogP contribution >= 0.6 is 23.2 Å². The molecule has 0 aliphatic rings. The predicted octanol–water partition coefficient (Wildman–Crippen LogP) is 4.29. The van der Waals surface area contributed by atoms with Crippen LogP contribution in [0, 0.1) is 18.3 Å². The molecular weight excluding hydrogens is 373 g/mol. The van der Waals surface area contributed by atoms with E-state index < -0.39 is 6.29 Å². The summed E-state index contributed by atoms with van der Waals surface area (Å²) < 4.78 is 6.88. The third kappa shape index (κ3) is 3.17. The van der Waals surface area contributed by atoms with E-state index in [1.165, 1.54) is 7.11 Å². The van der Waals surface area contributed by atoms with E-state index in [-0.39, 0.29) is 0 Å². The van der Waals surface area contributed by atoms with Gasteiger partial charge in [0, 0.05) is 31.2 Å². The maximum Gasteiger partial charge on any atom is 0.182 e. The van der Waals surface area contributed by atoms with Gasteiger partial charge in [0.2, 0.25) is 0 Å². The Morgan fingerprint density at radius 1 is 1.35 bits per heavy atom. The topological polar surface area (TPSA) is 71.1 Å². The Hall–Kier alpha value is -2.10. The highest BCUT2D eigenvalue weighted by Crippen LogP contribution is 2.34. The Balaban J connectivity index is 2.12. The highest BCUT2D eigenvalue weighted by atomic mass is 35.5. The summed E-state index contributed by atoms with van der Waals surface area (Å²) in [6.45, 7) is 1.93. The van der Waals surface area contributed by atoms with E-state index >= 15 is 0 Å². The van der Waals surface area contributed by atoms with Gasteiger partial charge < -0.3 is 14.4 Å². The molecule has 134 valence electrons. The van der Waals surface area contributed by atoms with E-state index in [1.807, 2.05) is 30.7 Å². The molecule has 0 radical (unpaired) electrons. The molecule has 0 fully saturated rings. The first-order valence-corrected chi connectivity index (χ1v) is 8.66. The lowest BCUT2D eigenvalue weighted by molar-refractivity contribution is -0.0768. The fourth-order valence-corrected chi connectivity index (χ4v) is 3.58. The maximum absolute atomic E-state index is 9.95. The smallest absolute Gasteiger partial charge is 0.182 e. The van der Waals surface area contributed by atoms with Crippen molar-refractivity contribution in [3.8, 4) is 6.07 Å². The molecule has 1 unspecified atom stereocenters. The number of halogens is 2. The van der Waals surface area contributed by atoms with Crippen LogP contribution in [0.25, 0.3) is 11.0 Å². The fraction of sp³-hybridized carbons (Fsp3) is 0.263. The SMILES string of the molecule is COC(O)c1ccc(Cl)c(Cc2nc3c(C)cc(C#N)cc3n2C)c1Cl. The molecule has 1 N–H and O–H groups in total. The number of nitrogens with zero attached hydrogens (tertiary/aromatic N) is 3. The number of hydrogen-bond acceptors (Lipinski definition) is 4. The zero-order valence-electron chi connectivity index (χ0n) is 14.5. The minimum Gasteiger partial charge on any atom is -0.364 e. The van der Waals surface area contributed by atoms with Crippen molar-refractivity contribution < 1.29 is 9.84 Å². The van der Waals surface area contributed by atoms with Crippen molar-refractivity contribution in [2.24, 2.45) is 7.05 Å². The third-order valence-electron chi connectivity index (χ3n) is 4.44. The molecule has 5 nitrogen and oxygen atoms in total. The predicted molar refractivity (Wildman–Crippen MR) is 101 cm³/mol. The molecule has 1 heterocycles. The van der Waals surface area contributed by atoms with Crippen molar-refractivity contribution >= 4 is 34.2 Å². The molecular formula is C19H17Cl2N3O2. The standard InChI is InChI=1S/C19H17Cl2N3O2/c1-10-6-11(9-22)7-15-18(10)23-16(24(15)2)8-13-14(20)5-4-12(17(13)21)19(25)26-3/h4-7,19,25H,8H2,1-3H3. The summed E-state index contributed by atoms with van der Waals surface area (Å²) in [5.74, 6) is 0.756. The molecule has 1 atom stereocenters. The van der Waals surface area contributed by atoms with Crippen molar-refractivity contribution in [1.82, 2.24) is 9.55 Å². The van der Waals surface area contributed by atoms with Gasteiger partial charge in [-0.25, -0.2) is 4.98 Å². The second-order valence-electron chi connectivity index (χ2n) is 6.05. The number of rotatable bonds is 4. The van der Waals surface area contributed by atoms with Crippen LogP contribution in [0.15, 0.2) is 24.3 Å². The lowest BCUT2D eigenvalue weighted by Gasteiger charge is -2.15. The number of benzene rings is 2. The number of aryl methyl sites for hydroxylation is 2. The van der Waals surface area contributed by atoms with E-state index in [4.69, 9.17) is 32.9 Å². The summed E-state index contributed by atoms with van der Waals surface area (Å²) in [7, 11) is 3.29. The largest absolute Gasteiger partial charge is 0.364 e. The second kappa shape index (κ2) is 7.26. The van der Waals surface area contributed by atoms with Gasteiger partial charge in [0.25, 0.3) is 0 Å². The molecule has 3 rings (SSSR count). The number of methoxy groups -OCH3 is 1. The molecule has 0 spiro atoms. The molecule has 26 heavy (non-hydrogen) atoms. The maximum atomic E-state index is 9.95. The first-order valence-electron chi connectivity index (χ1n) is 7.91. The van der Waals surface area contributed by atoms with Crippen molar-refractivity contribution in [2.75, 3.05) is 7.11 Å². The van der Waals surface area contributed by atoms with Gasteiger partial charge in [-0.2, -0.15) is 5.26 Å². The number of aliphatic hydroxyl groups excluding tert-OH is 1. The van der Waals surface area contributed by atoms with Crippen LogP contribution in [0.2, 0.25) is 10.0 Å². The highest BCUT2D eigenvalue weighted by molar-refractivity contribution is 6.36. The van der Waals surface area contributed by atoms with Crippen LogP contribution in [0.3, 0.4) is 0 Å². The summed E-state index contributed by atoms with van der Waals surface area (Å²) in [5.41, 5.74) is 4.35. The summed E-state index contributed by atoms with van der Waals surface area (Å²) in [6, 6.07) is 9.11. The first-order chi connectivity index (χ1) is 12.4.